The number of hydrogen-bond donors (Lipinski definition) is 1. The fourth-order valence-corrected chi connectivity index (χ4v) is 4.11. The van der Waals surface area contributed by atoms with Crippen LogP contribution in [0.4, 0.5) is 5.69 Å². The van der Waals surface area contributed by atoms with E-state index < -0.39 is 0 Å². The summed E-state index contributed by atoms with van der Waals surface area (Å²) in [6, 6.07) is 31.3. The molecule has 0 radical (unpaired) electrons. The van der Waals surface area contributed by atoms with Crippen LogP contribution in [0.15, 0.2) is 97.1 Å². The van der Waals surface area contributed by atoms with E-state index in [4.69, 9.17) is 9.47 Å². The van der Waals surface area contributed by atoms with Crippen molar-refractivity contribution >= 4 is 17.4 Å². The zero-order valence-corrected chi connectivity index (χ0v) is 21.2. The molecule has 0 aliphatic heterocycles. The SMILES string of the molecule is CCOc1ccc(C(=O)CCC(=O)Nc2cc(-c3ccccc3)cc(-c3ccccc3)c2)cc1OCC. The Morgan fingerprint density at radius 1 is 0.622 bits per heavy atom. The quantitative estimate of drug-likeness (QED) is 0.221. The summed E-state index contributed by atoms with van der Waals surface area (Å²) in [5.74, 6) is 0.799. The third kappa shape index (κ3) is 6.85. The molecular weight excluding hydrogens is 462 g/mol. The molecule has 0 bridgehead atoms. The normalized spacial score (nSPS) is 10.5. The molecule has 0 saturated carbocycles. The number of hydrogen-bond acceptors (Lipinski definition) is 4. The smallest absolute Gasteiger partial charge is 0.224 e. The molecular formula is C32H31NO4. The average molecular weight is 494 g/mol. The van der Waals surface area contributed by atoms with Crippen LogP contribution < -0.4 is 14.8 Å². The van der Waals surface area contributed by atoms with Crippen molar-refractivity contribution in [2.75, 3.05) is 18.5 Å². The molecule has 0 aliphatic rings. The van der Waals surface area contributed by atoms with Gasteiger partial charge in [0.05, 0.1) is 13.2 Å². The summed E-state index contributed by atoms with van der Waals surface area (Å²) in [7, 11) is 0. The van der Waals surface area contributed by atoms with Crippen LogP contribution in [0.2, 0.25) is 0 Å². The molecule has 5 heteroatoms. The molecule has 37 heavy (non-hydrogen) atoms. The first-order chi connectivity index (χ1) is 18.1. The van der Waals surface area contributed by atoms with Gasteiger partial charge in [0.2, 0.25) is 5.91 Å². The Morgan fingerprint density at radius 2 is 1.19 bits per heavy atom. The summed E-state index contributed by atoms with van der Waals surface area (Å²) in [4.78, 5) is 25.7. The van der Waals surface area contributed by atoms with Gasteiger partial charge >= 0.3 is 0 Å². The van der Waals surface area contributed by atoms with E-state index >= 15 is 0 Å². The van der Waals surface area contributed by atoms with Gasteiger partial charge in [-0.2, -0.15) is 0 Å². The minimum absolute atomic E-state index is 0.0756. The summed E-state index contributed by atoms with van der Waals surface area (Å²) >= 11 is 0. The van der Waals surface area contributed by atoms with Gasteiger partial charge in [0.15, 0.2) is 17.3 Å². The van der Waals surface area contributed by atoms with Gasteiger partial charge in [0.25, 0.3) is 0 Å². The van der Waals surface area contributed by atoms with E-state index in [-0.39, 0.29) is 24.5 Å². The van der Waals surface area contributed by atoms with Crippen molar-refractivity contribution in [3.8, 4) is 33.8 Å². The van der Waals surface area contributed by atoms with Gasteiger partial charge in [0.1, 0.15) is 0 Å². The lowest BCUT2D eigenvalue weighted by Gasteiger charge is -2.13. The lowest BCUT2D eigenvalue weighted by atomic mass is 9.98. The number of amides is 1. The Bertz CT molecular complexity index is 1290. The Hall–Kier alpha value is -4.38. The molecule has 5 nitrogen and oxygen atoms in total. The Balaban J connectivity index is 1.48. The number of ketones is 1. The first kappa shape index (κ1) is 25.7. The summed E-state index contributed by atoms with van der Waals surface area (Å²) in [5, 5.41) is 2.99. The van der Waals surface area contributed by atoms with Gasteiger partial charge in [-0.05, 0) is 72.5 Å². The van der Waals surface area contributed by atoms with Crippen molar-refractivity contribution < 1.29 is 19.1 Å². The van der Waals surface area contributed by atoms with Crippen LogP contribution in [0.5, 0.6) is 11.5 Å². The summed E-state index contributed by atoms with van der Waals surface area (Å²) in [5.41, 5.74) is 5.32. The molecule has 0 spiro atoms. The summed E-state index contributed by atoms with van der Waals surface area (Å²) in [6.07, 6.45) is 0.168. The van der Waals surface area contributed by atoms with Crippen LogP contribution in [0, 0.1) is 0 Å². The molecule has 4 aromatic rings. The highest BCUT2D eigenvalue weighted by molar-refractivity contribution is 6.00. The average Bonchev–Trinajstić information content (AvgIpc) is 2.93. The molecule has 1 amide bonds. The number of benzene rings is 4. The van der Waals surface area contributed by atoms with Crippen LogP contribution in [0.1, 0.15) is 37.0 Å². The molecule has 0 aromatic heterocycles. The van der Waals surface area contributed by atoms with E-state index in [0.29, 0.717) is 36.0 Å². The van der Waals surface area contributed by atoms with Crippen molar-refractivity contribution in [2.24, 2.45) is 0 Å². The molecule has 0 atom stereocenters. The number of nitrogens with one attached hydrogen (secondary N) is 1. The van der Waals surface area contributed by atoms with Gasteiger partial charge in [-0.1, -0.05) is 60.7 Å². The number of Topliss-reactive ketones (excluding diaryl/α,β-unsaturated/α-hetero) is 1. The largest absolute Gasteiger partial charge is 0.490 e. The van der Waals surface area contributed by atoms with E-state index in [2.05, 4.69) is 11.4 Å². The van der Waals surface area contributed by atoms with Crippen LogP contribution in [0.3, 0.4) is 0 Å². The summed E-state index contributed by atoms with van der Waals surface area (Å²) in [6.45, 7) is 4.74. The van der Waals surface area contributed by atoms with Gasteiger partial charge < -0.3 is 14.8 Å². The zero-order chi connectivity index (χ0) is 26.0. The van der Waals surface area contributed by atoms with Crippen LogP contribution in [-0.4, -0.2) is 24.9 Å². The number of rotatable bonds is 11. The van der Waals surface area contributed by atoms with E-state index in [1.165, 1.54) is 0 Å². The van der Waals surface area contributed by atoms with Crippen LogP contribution >= 0.6 is 0 Å². The number of carbonyl (C=O) groups is 2. The van der Waals surface area contributed by atoms with Crippen molar-refractivity contribution in [3.05, 3.63) is 103 Å². The highest BCUT2D eigenvalue weighted by atomic mass is 16.5. The Labute approximate surface area is 218 Å². The third-order valence-electron chi connectivity index (χ3n) is 5.88. The van der Waals surface area contributed by atoms with Gasteiger partial charge in [-0.15, -0.1) is 0 Å². The van der Waals surface area contributed by atoms with Crippen molar-refractivity contribution in [3.63, 3.8) is 0 Å². The second kappa shape index (κ2) is 12.5. The maximum atomic E-state index is 12.8. The van der Waals surface area contributed by atoms with Crippen LogP contribution in [-0.2, 0) is 4.79 Å². The predicted molar refractivity (Wildman–Crippen MR) is 148 cm³/mol. The van der Waals surface area contributed by atoms with Crippen molar-refractivity contribution in [2.45, 2.75) is 26.7 Å². The maximum Gasteiger partial charge on any atom is 0.224 e. The molecule has 4 rings (SSSR count). The lowest BCUT2D eigenvalue weighted by Crippen LogP contribution is -2.14. The van der Waals surface area contributed by atoms with E-state index in [1.807, 2.05) is 86.6 Å². The first-order valence-corrected chi connectivity index (χ1v) is 12.6. The van der Waals surface area contributed by atoms with E-state index in [9.17, 15) is 9.59 Å². The molecule has 0 aliphatic carbocycles. The first-order valence-electron chi connectivity index (χ1n) is 12.6. The molecule has 0 saturated heterocycles. The van der Waals surface area contributed by atoms with Crippen molar-refractivity contribution in [1.82, 2.24) is 0 Å². The minimum Gasteiger partial charge on any atom is -0.490 e. The highest BCUT2D eigenvalue weighted by Crippen LogP contribution is 2.31. The second-order valence-corrected chi connectivity index (χ2v) is 8.53. The van der Waals surface area contributed by atoms with Crippen LogP contribution in [0.25, 0.3) is 22.3 Å². The monoisotopic (exact) mass is 493 g/mol. The number of ether oxygens (including phenoxy) is 2. The second-order valence-electron chi connectivity index (χ2n) is 8.53. The fourth-order valence-electron chi connectivity index (χ4n) is 4.11. The molecule has 4 aromatic carbocycles. The third-order valence-corrected chi connectivity index (χ3v) is 5.88. The fraction of sp³-hybridized carbons (Fsp3) is 0.188. The van der Waals surface area contributed by atoms with Gasteiger partial charge in [-0.25, -0.2) is 0 Å². The molecule has 1 N–H and O–H groups in total. The van der Waals surface area contributed by atoms with Gasteiger partial charge in [0, 0.05) is 24.1 Å². The summed E-state index contributed by atoms with van der Waals surface area (Å²) < 4.78 is 11.2. The maximum absolute atomic E-state index is 12.8. The lowest BCUT2D eigenvalue weighted by molar-refractivity contribution is -0.116. The number of anilines is 1. The zero-order valence-electron chi connectivity index (χ0n) is 21.2. The minimum atomic E-state index is -0.214. The highest BCUT2D eigenvalue weighted by Gasteiger charge is 2.14. The molecule has 0 unspecified atom stereocenters. The Kier molecular flexibility index (Phi) is 8.71. The van der Waals surface area contributed by atoms with Crippen molar-refractivity contribution in [1.29, 1.82) is 0 Å². The molecule has 0 heterocycles. The van der Waals surface area contributed by atoms with E-state index in [0.717, 1.165) is 22.3 Å². The predicted octanol–water partition coefficient (Wildman–Crippen LogP) is 7.42. The standard InChI is InChI=1S/C32H31NO4/c1-3-36-30-17-15-25(22-31(30)37-4-2)29(34)16-18-32(35)33-28-20-26(23-11-7-5-8-12-23)19-27(21-28)24-13-9-6-10-14-24/h5-15,17,19-22H,3-4,16,18H2,1-2H3,(H,33,35). The topological polar surface area (TPSA) is 64.6 Å². The van der Waals surface area contributed by atoms with Gasteiger partial charge in [-0.3, -0.25) is 9.59 Å². The number of carbonyl (C=O) groups excluding carboxylic acids is 2. The molecule has 0 fully saturated rings. The Morgan fingerprint density at radius 3 is 1.76 bits per heavy atom. The van der Waals surface area contributed by atoms with E-state index in [1.54, 1.807) is 18.2 Å². The molecule has 188 valence electrons.